The van der Waals surface area contributed by atoms with Gasteiger partial charge in [-0.15, -0.1) is 0 Å². The molecule has 0 saturated heterocycles. The molecule has 1 aromatic carbocycles. The highest BCUT2D eigenvalue weighted by atomic mass is 16.5. The Kier molecular flexibility index (Phi) is 7.38. The summed E-state index contributed by atoms with van der Waals surface area (Å²) < 4.78 is 4.73. The van der Waals surface area contributed by atoms with Crippen molar-refractivity contribution in [1.29, 1.82) is 0 Å². The van der Waals surface area contributed by atoms with Gasteiger partial charge in [0.15, 0.2) is 0 Å². The maximum absolute atomic E-state index is 12.5. The van der Waals surface area contributed by atoms with E-state index in [1.165, 1.54) is 0 Å². The largest absolute Gasteiger partial charge is 0.447 e. The number of nitrogens with one attached hydrogen (secondary N) is 2. The van der Waals surface area contributed by atoms with Crippen LogP contribution in [0.25, 0.3) is 0 Å². The van der Waals surface area contributed by atoms with Gasteiger partial charge in [-0.25, -0.2) is 4.79 Å². The summed E-state index contributed by atoms with van der Waals surface area (Å²) in [6.07, 6.45) is -0.717. The molecule has 0 aliphatic heterocycles. The fourth-order valence-electron chi connectivity index (χ4n) is 2.22. The lowest BCUT2D eigenvalue weighted by Gasteiger charge is -2.28. The quantitative estimate of drug-likeness (QED) is 0.525. The van der Waals surface area contributed by atoms with Crippen LogP contribution >= 0.6 is 0 Å². The van der Waals surface area contributed by atoms with E-state index < -0.39 is 35.5 Å². The molecule has 0 heterocycles. The van der Waals surface area contributed by atoms with Crippen LogP contribution in [0.15, 0.2) is 30.3 Å². The van der Waals surface area contributed by atoms with Gasteiger partial charge >= 0.3 is 6.09 Å². The summed E-state index contributed by atoms with van der Waals surface area (Å²) in [5.74, 6) is -1.15. The Morgan fingerprint density at radius 1 is 1.08 bits per heavy atom. The molecule has 0 aliphatic carbocycles. The van der Waals surface area contributed by atoms with Crippen LogP contribution in [-0.4, -0.2) is 42.1 Å². The summed E-state index contributed by atoms with van der Waals surface area (Å²) in [7, 11) is 0. The van der Waals surface area contributed by atoms with Crippen LogP contribution in [0.5, 0.6) is 0 Å². The maximum Gasteiger partial charge on any atom is 0.404 e. The highest BCUT2D eigenvalue weighted by Gasteiger charge is 2.28. The Morgan fingerprint density at radius 3 is 2.16 bits per heavy atom. The van der Waals surface area contributed by atoms with Gasteiger partial charge < -0.3 is 21.5 Å². The summed E-state index contributed by atoms with van der Waals surface area (Å²) in [5, 5.41) is 5.63. The minimum absolute atomic E-state index is 0.255. The lowest BCUT2D eigenvalue weighted by Crippen LogP contribution is -2.57. The van der Waals surface area contributed by atoms with Crippen LogP contribution in [-0.2, 0) is 20.7 Å². The van der Waals surface area contributed by atoms with E-state index >= 15 is 0 Å². The van der Waals surface area contributed by atoms with Crippen LogP contribution in [0, 0.1) is 0 Å². The molecule has 0 unspecified atom stereocenters. The normalized spacial score (nSPS) is 13.6. The standard InChI is InChI=1S/C17H26N4O4/c1-17(2,3)21-13(10-25-16(19)24)15(23)20-12(14(18)22)9-11-7-5-4-6-8-11/h4-8,12-13,21H,9-10H2,1-3H3,(H2,18,22)(H2,19,24)(H,20,23)/t12-,13-/m0/s1. The van der Waals surface area contributed by atoms with Crippen molar-refractivity contribution in [3.05, 3.63) is 35.9 Å². The van der Waals surface area contributed by atoms with Crippen molar-refractivity contribution in [2.75, 3.05) is 6.61 Å². The number of nitrogens with two attached hydrogens (primary N) is 2. The van der Waals surface area contributed by atoms with E-state index in [2.05, 4.69) is 10.6 Å². The first-order chi connectivity index (χ1) is 11.6. The molecule has 8 heteroatoms. The van der Waals surface area contributed by atoms with E-state index in [1.807, 2.05) is 51.1 Å². The van der Waals surface area contributed by atoms with Gasteiger partial charge in [0, 0.05) is 12.0 Å². The second-order valence-electron chi connectivity index (χ2n) is 6.73. The second kappa shape index (κ2) is 9.03. The van der Waals surface area contributed by atoms with Crippen LogP contribution in [0.1, 0.15) is 26.3 Å². The number of primary amides is 2. The van der Waals surface area contributed by atoms with Gasteiger partial charge in [0.1, 0.15) is 18.7 Å². The Morgan fingerprint density at radius 2 is 1.68 bits per heavy atom. The van der Waals surface area contributed by atoms with Crippen LogP contribution in [0.3, 0.4) is 0 Å². The summed E-state index contributed by atoms with van der Waals surface area (Å²) in [4.78, 5) is 35.1. The van der Waals surface area contributed by atoms with Gasteiger partial charge in [0.25, 0.3) is 0 Å². The summed E-state index contributed by atoms with van der Waals surface area (Å²) in [6, 6.07) is 7.44. The van der Waals surface area contributed by atoms with Crippen LogP contribution < -0.4 is 22.1 Å². The Balaban J connectivity index is 2.82. The highest BCUT2D eigenvalue weighted by molar-refractivity contribution is 5.89. The van der Waals surface area contributed by atoms with E-state index in [-0.39, 0.29) is 13.0 Å². The van der Waals surface area contributed by atoms with E-state index in [0.29, 0.717) is 0 Å². The van der Waals surface area contributed by atoms with Crippen LogP contribution in [0.2, 0.25) is 0 Å². The average Bonchev–Trinajstić information content (AvgIpc) is 2.50. The molecule has 6 N–H and O–H groups in total. The molecule has 1 aromatic rings. The number of hydrogen-bond acceptors (Lipinski definition) is 5. The average molecular weight is 350 g/mol. The summed E-state index contributed by atoms with van der Waals surface area (Å²) >= 11 is 0. The number of rotatable bonds is 8. The Hall–Kier alpha value is -2.61. The summed E-state index contributed by atoms with van der Waals surface area (Å²) in [6.45, 7) is 5.31. The fourth-order valence-corrected chi connectivity index (χ4v) is 2.22. The van der Waals surface area contributed by atoms with Crippen molar-refractivity contribution in [1.82, 2.24) is 10.6 Å². The zero-order valence-electron chi connectivity index (χ0n) is 14.7. The van der Waals surface area contributed by atoms with Crippen molar-refractivity contribution in [3.63, 3.8) is 0 Å². The first-order valence-corrected chi connectivity index (χ1v) is 7.92. The molecule has 0 aliphatic rings. The summed E-state index contributed by atoms with van der Waals surface area (Å²) in [5.41, 5.74) is 10.8. The topological polar surface area (TPSA) is 137 Å². The first kappa shape index (κ1) is 20.4. The van der Waals surface area contributed by atoms with Gasteiger partial charge in [-0.3, -0.25) is 14.9 Å². The number of amides is 3. The van der Waals surface area contributed by atoms with E-state index in [0.717, 1.165) is 5.56 Å². The molecular weight excluding hydrogens is 324 g/mol. The monoisotopic (exact) mass is 350 g/mol. The molecule has 1 rings (SSSR count). The Bertz CT molecular complexity index is 598. The number of carbonyl (C=O) groups is 3. The fraction of sp³-hybridized carbons (Fsp3) is 0.471. The third kappa shape index (κ3) is 8.16. The third-order valence-corrected chi connectivity index (χ3v) is 3.26. The smallest absolute Gasteiger partial charge is 0.404 e. The molecule has 8 nitrogen and oxygen atoms in total. The van der Waals surface area contributed by atoms with Crippen molar-refractivity contribution < 1.29 is 19.1 Å². The maximum atomic E-state index is 12.5. The third-order valence-electron chi connectivity index (χ3n) is 3.26. The number of ether oxygens (including phenoxy) is 1. The van der Waals surface area contributed by atoms with Gasteiger partial charge in [0.05, 0.1) is 0 Å². The zero-order valence-corrected chi connectivity index (χ0v) is 14.7. The molecule has 0 aromatic heterocycles. The van der Waals surface area contributed by atoms with E-state index in [4.69, 9.17) is 16.2 Å². The van der Waals surface area contributed by atoms with Gasteiger partial charge in [-0.2, -0.15) is 0 Å². The first-order valence-electron chi connectivity index (χ1n) is 7.92. The zero-order chi connectivity index (χ0) is 19.0. The molecule has 3 amide bonds. The highest BCUT2D eigenvalue weighted by Crippen LogP contribution is 2.06. The molecule has 0 radical (unpaired) electrons. The molecule has 0 fully saturated rings. The SMILES string of the molecule is CC(C)(C)N[C@@H](COC(N)=O)C(=O)N[C@@H](Cc1ccccc1)C(N)=O. The van der Waals surface area contributed by atoms with Crippen molar-refractivity contribution in [3.8, 4) is 0 Å². The van der Waals surface area contributed by atoms with E-state index in [1.54, 1.807) is 0 Å². The second-order valence-corrected chi connectivity index (χ2v) is 6.73. The molecular formula is C17H26N4O4. The number of hydrogen-bond donors (Lipinski definition) is 4. The van der Waals surface area contributed by atoms with Gasteiger partial charge in [-0.05, 0) is 26.3 Å². The molecule has 0 spiro atoms. The van der Waals surface area contributed by atoms with Crippen molar-refractivity contribution in [2.24, 2.45) is 11.5 Å². The predicted octanol–water partition coefficient (Wildman–Crippen LogP) is 0.0512. The molecule has 25 heavy (non-hydrogen) atoms. The number of benzene rings is 1. The lowest BCUT2D eigenvalue weighted by molar-refractivity contribution is -0.129. The van der Waals surface area contributed by atoms with Crippen molar-refractivity contribution in [2.45, 2.75) is 44.8 Å². The molecule has 0 saturated carbocycles. The molecule has 138 valence electrons. The minimum atomic E-state index is -0.982. The molecule has 2 atom stereocenters. The lowest BCUT2D eigenvalue weighted by atomic mass is 10.0. The molecule has 0 bridgehead atoms. The van der Waals surface area contributed by atoms with Crippen molar-refractivity contribution >= 4 is 17.9 Å². The Labute approximate surface area is 147 Å². The predicted molar refractivity (Wildman–Crippen MR) is 93.5 cm³/mol. The van der Waals surface area contributed by atoms with E-state index in [9.17, 15) is 14.4 Å². The van der Waals surface area contributed by atoms with Gasteiger partial charge in [0.2, 0.25) is 11.8 Å². The van der Waals surface area contributed by atoms with Gasteiger partial charge in [-0.1, -0.05) is 30.3 Å². The van der Waals surface area contributed by atoms with Crippen LogP contribution in [0.4, 0.5) is 4.79 Å². The number of carbonyl (C=O) groups excluding carboxylic acids is 3. The minimum Gasteiger partial charge on any atom is -0.447 e.